The summed E-state index contributed by atoms with van der Waals surface area (Å²) >= 11 is 0. The Morgan fingerprint density at radius 3 is 2.25 bits per heavy atom. The SMILES string of the molecule is CCCOC(=O)c1c(C(=O)OC)c(C(=O)OC)nc2ccccc12. The molecule has 0 amide bonds. The van der Waals surface area contributed by atoms with Crippen LogP contribution in [0.1, 0.15) is 44.5 Å². The quantitative estimate of drug-likeness (QED) is 0.613. The molecule has 1 aromatic heterocycles. The standard InChI is InChI=1S/C17H17NO6/c1-4-9-24-16(20)12-10-7-5-6-8-11(10)18-14(17(21)23-3)13(12)15(19)22-2/h5-8H,4,9H2,1-3H3. The maximum absolute atomic E-state index is 12.5. The van der Waals surface area contributed by atoms with Crippen LogP contribution in [0.4, 0.5) is 0 Å². The lowest BCUT2D eigenvalue weighted by molar-refractivity contribution is 0.0484. The van der Waals surface area contributed by atoms with Crippen LogP contribution in [0, 0.1) is 0 Å². The highest BCUT2D eigenvalue weighted by atomic mass is 16.5. The fourth-order valence-electron chi connectivity index (χ4n) is 2.24. The lowest BCUT2D eigenvalue weighted by Gasteiger charge is -2.14. The first-order chi connectivity index (χ1) is 11.5. The number of nitrogens with zero attached hydrogens (tertiary/aromatic N) is 1. The zero-order valence-electron chi connectivity index (χ0n) is 13.6. The molecular weight excluding hydrogens is 314 g/mol. The number of benzene rings is 1. The normalized spacial score (nSPS) is 10.3. The number of aromatic nitrogens is 1. The molecule has 0 aliphatic heterocycles. The molecular formula is C17H17NO6. The molecule has 0 bridgehead atoms. The zero-order valence-corrected chi connectivity index (χ0v) is 13.6. The molecule has 2 rings (SSSR count). The van der Waals surface area contributed by atoms with Gasteiger partial charge < -0.3 is 14.2 Å². The van der Waals surface area contributed by atoms with E-state index in [4.69, 9.17) is 9.47 Å². The van der Waals surface area contributed by atoms with Gasteiger partial charge in [-0.3, -0.25) is 0 Å². The van der Waals surface area contributed by atoms with E-state index in [0.717, 1.165) is 14.2 Å². The topological polar surface area (TPSA) is 91.8 Å². The molecule has 126 valence electrons. The number of ether oxygens (including phenoxy) is 3. The van der Waals surface area contributed by atoms with Crippen molar-refractivity contribution in [3.63, 3.8) is 0 Å². The Balaban J connectivity index is 2.84. The number of carbonyl (C=O) groups is 3. The summed E-state index contributed by atoms with van der Waals surface area (Å²) in [7, 11) is 2.31. The summed E-state index contributed by atoms with van der Waals surface area (Å²) in [5.41, 5.74) is -0.231. The monoisotopic (exact) mass is 331 g/mol. The van der Waals surface area contributed by atoms with Gasteiger partial charge in [-0.25, -0.2) is 19.4 Å². The average Bonchev–Trinajstić information content (AvgIpc) is 2.63. The second-order valence-electron chi connectivity index (χ2n) is 4.85. The summed E-state index contributed by atoms with van der Waals surface area (Å²) in [5.74, 6) is -2.43. The number of hydrogen-bond donors (Lipinski definition) is 0. The fraction of sp³-hybridized carbons (Fsp3) is 0.294. The summed E-state index contributed by atoms with van der Waals surface area (Å²) in [6, 6.07) is 6.65. The van der Waals surface area contributed by atoms with Crippen molar-refractivity contribution in [1.29, 1.82) is 0 Å². The number of pyridine rings is 1. The Morgan fingerprint density at radius 2 is 1.62 bits per heavy atom. The Hall–Kier alpha value is -2.96. The van der Waals surface area contributed by atoms with Crippen molar-refractivity contribution in [2.75, 3.05) is 20.8 Å². The molecule has 7 heteroatoms. The second kappa shape index (κ2) is 7.54. The summed E-state index contributed by atoms with van der Waals surface area (Å²) < 4.78 is 14.6. The molecule has 0 saturated carbocycles. The van der Waals surface area contributed by atoms with Crippen LogP contribution in [0.25, 0.3) is 10.9 Å². The van der Waals surface area contributed by atoms with Crippen molar-refractivity contribution >= 4 is 28.8 Å². The molecule has 1 aromatic carbocycles. The molecule has 0 spiro atoms. The van der Waals surface area contributed by atoms with Gasteiger partial charge in [0, 0.05) is 5.39 Å². The predicted molar refractivity (Wildman–Crippen MR) is 85.0 cm³/mol. The van der Waals surface area contributed by atoms with Crippen LogP contribution < -0.4 is 0 Å². The van der Waals surface area contributed by atoms with Gasteiger partial charge in [-0.1, -0.05) is 25.1 Å². The van der Waals surface area contributed by atoms with Crippen molar-refractivity contribution in [3.05, 3.63) is 41.1 Å². The fourth-order valence-corrected chi connectivity index (χ4v) is 2.24. The van der Waals surface area contributed by atoms with Crippen LogP contribution in [0.5, 0.6) is 0 Å². The highest BCUT2D eigenvalue weighted by molar-refractivity contribution is 6.16. The molecule has 0 unspecified atom stereocenters. The summed E-state index contributed by atoms with van der Waals surface area (Å²) in [6.45, 7) is 2.03. The second-order valence-corrected chi connectivity index (χ2v) is 4.85. The summed E-state index contributed by atoms with van der Waals surface area (Å²) in [5, 5.41) is 0.395. The first-order valence-corrected chi connectivity index (χ1v) is 7.31. The van der Waals surface area contributed by atoms with E-state index < -0.39 is 17.9 Å². The average molecular weight is 331 g/mol. The van der Waals surface area contributed by atoms with Gasteiger partial charge in [-0.15, -0.1) is 0 Å². The number of rotatable bonds is 5. The number of hydrogen-bond acceptors (Lipinski definition) is 7. The number of carbonyl (C=O) groups excluding carboxylic acids is 3. The minimum atomic E-state index is -0.864. The summed E-state index contributed by atoms with van der Waals surface area (Å²) in [6.07, 6.45) is 0.617. The van der Waals surface area contributed by atoms with Crippen LogP contribution in [0.15, 0.2) is 24.3 Å². The third-order valence-electron chi connectivity index (χ3n) is 3.30. The van der Waals surface area contributed by atoms with Crippen molar-refractivity contribution in [2.24, 2.45) is 0 Å². The Bertz CT molecular complexity index is 799. The molecule has 2 aromatic rings. The molecule has 0 atom stereocenters. The third-order valence-corrected chi connectivity index (χ3v) is 3.30. The van der Waals surface area contributed by atoms with Gasteiger partial charge >= 0.3 is 17.9 Å². The Kier molecular flexibility index (Phi) is 5.47. The van der Waals surface area contributed by atoms with Crippen molar-refractivity contribution < 1.29 is 28.6 Å². The van der Waals surface area contributed by atoms with Crippen molar-refractivity contribution in [2.45, 2.75) is 13.3 Å². The molecule has 0 aliphatic rings. The van der Waals surface area contributed by atoms with E-state index in [0.29, 0.717) is 17.3 Å². The van der Waals surface area contributed by atoms with E-state index in [9.17, 15) is 14.4 Å². The number of esters is 3. The first kappa shape index (κ1) is 17.4. The Labute approximate surface area is 138 Å². The van der Waals surface area contributed by atoms with Gasteiger partial charge in [0.1, 0.15) is 5.56 Å². The Morgan fingerprint density at radius 1 is 0.958 bits per heavy atom. The van der Waals surface area contributed by atoms with Crippen molar-refractivity contribution in [1.82, 2.24) is 4.98 Å². The van der Waals surface area contributed by atoms with Crippen LogP contribution in [-0.4, -0.2) is 43.7 Å². The van der Waals surface area contributed by atoms with Gasteiger partial charge in [0.25, 0.3) is 0 Å². The largest absolute Gasteiger partial charge is 0.465 e. The van der Waals surface area contributed by atoms with Gasteiger partial charge in [-0.2, -0.15) is 0 Å². The molecule has 0 radical (unpaired) electrons. The molecule has 1 heterocycles. The van der Waals surface area contributed by atoms with Crippen LogP contribution >= 0.6 is 0 Å². The highest BCUT2D eigenvalue weighted by Gasteiger charge is 2.30. The van der Waals surface area contributed by atoms with E-state index in [-0.39, 0.29) is 23.4 Å². The van der Waals surface area contributed by atoms with Crippen LogP contribution in [-0.2, 0) is 14.2 Å². The lowest BCUT2D eigenvalue weighted by Crippen LogP contribution is -2.21. The minimum absolute atomic E-state index is 0.0544. The lowest BCUT2D eigenvalue weighted by atomic mass is 10.00. The smallest absolute Gasteiger partial charge is 0.357 e. The molecule has 24 heavy (non-hydrogen) atoms. The maximum Gasteiger partial charge on any atom is 0.357 e. The van der Waals surface area contributed by atoms with E-state index in [1.54, 1.807) is 24.3 Å². The maximum atomic E-state index is 12.5. The highest BCUT2D eigenvalue weighted by Crippen LogP contribution is 2.26. The molecule has 7 nitrogen and oxygen atoms in total. The van der Waals surface area contributed by atoms with Gasteiger partial charge in [0.05, 0.1) is 31.9 Å². The molecule has 0 saturated heterocycles. The number of methoxy groups -OCH3 is 2. The molecule has 0 N–H and O–H groups in total. The van der Waals surface area contributed by atoms with E-state index in [2.05, 4.69) is 9.72 Å². The van der Waals surface area contributed by atoms with E-state index in [1.807, 2.05) is 6.92 Å². The number of para-hydroxylation sites is 1. The van der Waals surface area contributed by atoms with Gasteiger partial charge in [-0.05, 0) is 12.5 Å². The zero-order chi connectivity index (χ0) is 17.7. The van der Waals surface area contributed by atoms with Crippen LogP contribution in [0.2, 0.25) is 0 Å². The van der Waals surface area contributed by atoms with Crippen LogP contribution in [0.3, 0.4) is 0 Å². The van der Waals surface area contributed by atoms with E-state index in [1.165, 1.54) is 0 Å². The number of fused-ring (bicyclic) bond motifs is 1. The predicted octanol–water partition coefficient (Wildman–Crippen LogP) is 2.37. The minimum Gasteiger partial charge on any atom is -0.465 e. The van der Waals surface area contributed by atoms with E-state index >= 15 is 0 Å². The van der Waals surface area contributed by atoms with Gasteiger partial charge in [0.2, 0.25) is 0 Å². The first-order valence-electron chi connectivity index (χ1n) is 7.31. The van der Waals surface area contributed by atoms with Gasteiger partial charge in [0.15, 0.2) is 5.69 Å². The molecule has 0 aliphatic carbocycles. The van der Waals surface area contributed by atoms with Crippen molar-refractivity contribution in [3.8, 4) is 0 Å². The third kappa shape index (κ3) is 3.19. The summed E-state index contributed by atoms with van der Waals surface area (Å²) in [4.78, 5) is 40.9. The molecule has 0 fully saturated rings.